The molecular weight excluding hydrogens is 296 g/mol. The number of hydrogen-bond donors (Lipinski definition) is 2. The topological polar surface area (TPSA) is 64.4 Å². The average molecular weight is 313 g/mol. The lowest BCUT2D eigenvalue weighted by Gasteiger charge is -2.31. The Morgan fingerprint density at radius 3 is 2.83 bits per heavy atom. The number of carbonyl (C=O) groups is 1. The molecule has 0 saturated carbocycles. The number of rotatable bonds is 3. The Morgan fingerprint density at radius 2 is 2.17 bits per heavy atom. The highest BCUT2D eigenvalue weighted by molar-refractivity contribution is 9.10. The number of nitrogens with two attached hydrogens (primary N) is 1. The molecule has 1 aromatic rings. The van der Waals surface area contributed by atoms with Crippen LogP contribution in [0.3, 0.4) is 0 Å². The van der Waals surface area contributed by atoms with Crippen molar-refractivity contribution in [2.24, 2.45) is 5.73 Å². The van der Waals surface area contributed by atoms with Gasteiger partial charge >= 0.3 is 0 Å². The van der Waals surface area contributed by atoms with E-state index in [1.54, 1.807) is 0 Å². The molecule has 0 radical (unpaired) electrons. The van der Waals surface area contributed by atoms with E-state index in [2.05, 4.69) is 21.2 Å². The summed E-state index contributed by atoms with van der Waals surface area (Å²) < 4.78 is 6.23. The van der Waals surface area contributed by atoms with E-state index >= 15 is 0 Å². The molecule has 18 heavy (non-hydrogen) atoms. The van der Waals surface area contributed by atoms with Crippen molar-refractivity contribution in [2.45, 2.75) is 24.9 Å². The van der Waals surface area contributed by atoms with Gasteiger partial charge in [-0.2, -0.15) is 0 Å². The largest absolute Gasteiger partial charge is 0.381 e. The summed E-state index contributed by atoms with van der Waals surface area (Å²) in [6.07, 6.45) is 1.16. The van der Waals surface area contributed by atoms with Crippen LogP contribution in [0.1, 0.15) is 18.4 Å². The molecule has 0 spiro atoms. The van der Waals surface area contributed by atoms with Gasteiger partial charge in [0.25, 0.3) is 0 Å². The maximum Gasteiger partial charge on any atom is 0.240 e. The SMILES string of the molecule is NC1(C(=O)NCc2cccc(Br)c2)CCOCC1. The molecule has 1 fully saturated rings. The molecule has 0 bridgehead atoms. The van der Waals surface area contributed by atoms with Crippen molar-refractivity contribution in [2.75, 3.05) is 13.2 Å². The van der Waals surface area contributed by atoms with E-state index in [0.717, 1.165) is 10.0 Å². The van der Waals surface area contributed by atoms with Gasteiger partial charge in [-0.15, -0.1) is 0 Å². The van der Waals surface area contributed by atoms with E-state index in [-0.39, 0.29) is 5.91 Å². The van der Waals surface area contributed by atoms with Crippen LogP contribution in [0.25, 0.3) is 0 Å². The van der Waals surface area contributed by atoms with Gasteiger partial charge in [0.05, 0.1) is 5.54 Å². The number of ether oxygens (including phenoxy) is 1. The Bertz CT molecular complexity index is 431. The van der Waals surface area contributed by atoms with E-state index in [9.17, 15) is 4.79 Å². The quantitative estimate of drug-likeness (QED) is 0.890. The minimum absolute atomic E-state index is 0.0919. The minimum atomic E-state index is -0.774. The molecule has 0 unspecified atom stereocenters. The number of nitrogens with one attached hydrogen (secondary N) is 1. The van der Waals surface area contributed by atoms with Gasteiger partial charge in [-0.1, -0.05) is 28.1 Å². The summed E-state index contributed by atoms with van der Waals surface area (Å²) in [5.74, 6) is -0.0919. The molecule has 0 aromatic heterocycles. The van der Waals surface area contributed by atoms with Gasteiger partial charge in [0.1, 0.15) is 0 Å². The van der Waals surface area contributed by atoms with Gasteiger partial charge in [-0.05, 0) is 30.5 Å². The monoisotopic (exact) mass is 312 g/mol. The standard InChI is InChI=1S/C13H17BrN2O2/c14-11-3-1-2-10(8-11)9-16-12(17)13(15)4-6-18-7-5-13/h1-3,8H,4-7,9,15H2,(H,16,17). The van der Waals surface area contributed by atoms with Gasteiger partial charge in [0.2, 0.25) is 5.91 Å². The van der Waals surface area contributed by atoms with Crippen LogP contribution in [0, 0.1) is 0 Å². The van der Waals surface area contributed by atoms with Gasteiger partial charge in [-0.25, -0.2) is 0 Å². The molecule has 0 aliphatic carbocycles. The highest BCUT2D eigenvalue weighted by Gasteiger charge is 2.35. The maximum atomic E-state index is 12.1. The van der Waals surface area contributed by atoms with Gasteiger partial charge in [-0.3, -0.25) is 4.79 Å². The zero-order valence-corrected chi connectivity index (χ0v) is 11.7. The van der Waals surface area contributed by atoms with E-state index < -0.39 is 5.54 Å². The first-order valence-corrected chi connectivity index (χ1v) is 6.79. The second-order valence-electron chi connectivity index (χ2n) is 4.58. The van der Waals surface area contributed by atoms with Crippen molar-refractivity contribution >= 4 is 21.8 Å². The van der Waals surface area contributed by atoms with Gasteiger partial charge in [0, 0.05) is 24.2 Å². The summed E-state index contributed by atoms with van der Waals surface area (Å²) in [4.78, 5) is 12.1. The third kappa shape index (κ3) is 3.31. The fraction of sp³-hybridized carbons (Fsp3) is 0.462. The highest BCUT2D eigenvalue weighted by atomic mass is 79.9. The maximum absolute atomic E-state index is 12.1. The Kier molecular flexibility index (Phi) is 4.37. The van der Waals surface area contributed by atoms with Crippen LogP contribution < -0.4 is 11.1 Å². The number of benzene rings is 1. The van der Waals surface area contributed by atoms with Crippen LogP contribution in [-0.2, 0) is 16.1 Å². The first-order valence-electron chi connectivity index (χ1n) is 5.99. The first kappa shape index (κ1) is 13.5. The van der Waals surface area contributed by atoms with Crippen LogP contribution in [-0.4, -0.2) is 24.7 Å². The number of carbonyl (C=O) groups excluding carboxylic acids is 1. The average Bonchev–Trinajstić information content (AvgIpc) is 2.37. The molecular formula is C13H17BrN2O2. The van der Waals surface area contributed by atoms with Crippen molar-refractivity contribution in [3.8, 4) is 0 Å². The number of amides is 1. The predicted molar refractivity (Wildman–Crippen MR) is 73.0 cm³/mol. The molecule has 1 aliphatic heterocycles. The summed E-state index contributed by atoms with van der Waals surface area (Å²) in [7, 11) is 0. The lowest BCUT2D eigenvalue weighted by molar-refractivity contribution is -0.129. The Morgan fingerprint density at radius 1 is 1.44 bits per heavy atom. The summed E-state index contributed by atoms with van der Waals surface area (Å²) in [6, 6.07) is 7.85. The summed E-state index contributed by atoms with van der Waals surface area (Å²) >= 11 is 3.40. The van der Waals surface area contributed by atoms with Crippen LogP contribution in [0.15, 0.2) is 28.7 Å². The fourth-order valence-electron chi connectivity index (χ4n) is 1.97. The van der Waals surface area contributed by atoms with Crippen molar-refractivity contribution < 1.29 is 9.53 Å². The molecule has 1 aromatic carbocycles. The van der Waals surface area contributed by atoms with E-state index in [0.29, 0.717) is 32.6 Å². The zero-order chi connectivity index (χ0) is 13.0. The molecule has 1 heterocycles. The van der Waals surface area contributed by atoms with Crippen LogP contribution in [0.4, 0.5) is 0 Å². The van der Waals surface area contributed by atoms with Crippen molar-refractivity contribution in [1.82, 2.24) is 5.32 Å². The van der Waals surface area contributed by atoms with Crippen molar-refractivity contribution in [3.05, 3.63) is 34.3 Å². The lowest BCUT2D eigenvalue weighted by Crippen LogP contribution is -2.56. The summed E-state index contributed by atoms with van der Waals surface area (Å²) in [5.41, 5.74) is 6.37. The van der Waals surface area contributed by atoms with E-state index in [4.69, 9.17) is 10.5 Å². The predicted octanol–water partition coefficient (Wildman–Crippen LogP) is 1.57. The third-order valence-corrected chi connectivity index (χ3v) is 3.67. The highest BCUT2D eigenvalue weighted by Crippen LogP contribution is 2.18. The van der Waals surface area contributed by atoms with Crippen LogP contribution in [0.2, 0.25) is 0 Å². The molecule has 1 aliphatic rings. The molecule has 4 nitrogen and oxygen atoms in total. The normalized spacial score (nSPS) is 18.3. The zero-order valence-electron chi connectivity index (χ0n) is 10.1. The number of halogens is 1. The third-order valence-electron chi connectivity index (χ3n) is 3.18. The van der Waals surface area contributed by atoms with Crippen LogP contribution in [0.5, 0.6) is 0 Å². The van der Waals surface area contributed by atoms with Gasteiger partial charge in [0.15, 0.2) is 0 Å². The Hall–Kier alpha value is -0.910. The minimum Gasteiger partial charge on any atom is -0.381 e. The summed E-state index contributed by atoms with van der Waals surface area (Å²) in [5, 5.41) is 2.90. The Balaban J connectivity index is 1.91. The van der Waals surface area contributed by atoms with Crippen molar-refractivity contribution in [1.29, 1.82) is 0 Å². The molecule has 1 amide bonds. The molecule has 1 saturated heterocycles. The van der Waals surface area contributed by atoms with Crippen LogP contribution >= 0.6 is 15.9 Å². The first-order chi connectivity index (χ1) is 8.60. The second kappa shape index (κ2) is 5.82. The van der Waals surface area contributed by atoms with Crippen molar-refractivity contribution in [3.63, 3.8) is 0 Å². The summed E-state index contributed by atoms with van der Waals surface area (Å²) in [6.45, 7) is 1.61. The smallest absolute Gasteiger partial charge is 0.240 e. The molecule has 0 atom stereocenters. The molecule has 2 rings (SSSR count). The van der Waals surface area contributed by atoms with Gasteiger partial charge < -0.3 is 15.8 Å². The fourth-order valence-corrected chi connectivity index (χ4v) is 2.41. The Labute approximate surface area is 115 Å². The number of hydrogen-bond acceptors (Lipinski definition) is 3. The van der Waals surface area contributed by atoms with E-state index in [1.165, 1.54) is 0 Å². The molecule has 5 heteroatoms. The lowest BCUT2D eigenvalue weighted by atomic mass is 9.90. The van der Waals surface area contributed by atoms with E-state index in [1.807, 2.05) is 24.3 Å². The molecule has 3 N–H and O–H groups in total. The second-order valence-corrected chi connectivity index (χ2v) is 5.50. The molecule has 98 valence electrons.